The summed E-state index contributed by atoms with van der Waals surface area (Å²) < 4.78 is 91.1. The van der Waals surface area contributed by atoms with Crippen molar-refractivity contribution in [3.8, 4) is 0 Å². The third kappa shape index (κ3) is 3.33. The number of aliphatic hydroxyl groups excluding tert-OH is 1. The molecule has 21 heavy (non-hydrogen) atoms. The van der Waals surface area contributed by atoms with Crippen LogP contribution in [0.1, 0.15) is 13.8 Å². The fourth-order valence-corrected chi connectivity index (χ4v) is 2.89. The number of rotatable bonds is 5. The Bertz CT molecular complexity index is 621. The summed E-state index contributed by atoms with van der Waals surface area (Å²) in [6, 6.07) is -0.991. The third-order valence-electron chi connectivity index (χ3n) is 2.92. The highest BCUT2D eigenvalue weighted by atomic mass is 32.2. The van der Waals surface area contributed by atoms with Gasteiger partial charge in [0.1, 0.15) is 0 Å². The largest absolute Gasteiger partial charge is 0.396 e. The Balaban J connectivity index is 3.40. The van der Waals surface area contributed by atoms with Crippen LogP contribution in [0.2, 0.25) is 0 Å². The highest BCUT2D eigenvalue weighted by Crippen LogP contribution is 2.26. The van der Waals surface area contributed by atoms with Gasteiger partial charge >= 0.3 is 0 Å². The molecule has 0 amide bonds. The van der Waals surface area contributed by atoms with Gasteiger partial charge in [0, 0.05) is 12.6 Å². The molecule has 2 atom stereocenters. The maximum Gasteiger partial charge on any atom is 0.246 e. The Hall–Kier alpha value is -1.26. The maximum absolute atomic E-state index is 13.4. The second kappa shape index (κ2) is 6.24. The van der Waals surface area contributed by atoms with Crippen LogP contribution < -0.4 is 4.72 Å². The van der Waals surface area contributed by atoms with Gasteiger partial charge in [-0.2, -0.15) is 0 Å². The van der Waals surface area contributed by atoms with Crippen molar-refractivity contribution in [3.05, 3.63) is 29.1 Å². The van der Waals surface area contributed by atoms with Gasteiger partial charge in [-0.25, -0.2) is 35.1 Å². The molecule has 120 valence electrons. The summed E-state index contributed by atoms with van der Waals surface area (Å²) in [4.78, 5) is -1.95. The first kappa shape index (κ1) is 17.8. The van der Waals surface area contributed by atoms with Gasteiger partial charge in [-0.15, -0.1) is 0 Å². The van der Waals surface area contributed by atoms with Crippen LogP contribution in [0.3, 0.4) is 0 Å². The molecule has 0 bridgehead atoms. The molecule has 1 aromatic rings. The van der Waals surface area contributed by atoms with Gasteiger partial charge in [0.2, 0.25) is 15.8 Å². The van der Waals surface area contributed by atoms with Gasteiger partial charge in [0.05, 0.1) is 0 Å². The highest BCUT2D eigenvalue weighted by Gasteiger charge is 2.34. The minimum absolute atomic E-state index is 0.444. The van der Waals surface area contributed by atoms with Gasteiger partial charge in [-0.3, -0.25) is 0 Å². The topological polar surface area (TPSA) is 66.4 Å². The maximum atomic E-state index is 13.4. The van der Waals surface area contributed by atoms with E-state index < -0.39 is 62.6 Å². The van der Waals surface area contributed by atoms with Gasteiger partial charge < -0.3 is 5.11 Å². The molecule has 1 rings (SSSR count). The summed E-state index contributed by atoms with van der Waals surface area (Å²) in [6.07, 6.45) is 0. The zero-order valence-electron chi connectivity index (χ0n) is 10.9. The Labute approximate surface area is 117 Å². The number of halogens is 5. The molecule has 0 aliphatic heterocycles. The molecule has 0 saturated heterocycles. The minimum atomic E-state index is -5.00. The fraction of sp³-hybridized carbons (Fsp3) is 0.455. The molecule has 2 N–H and O–H groups in total. The molecular weight excluding hydrogens is 321 g/mol. The van der Waals surface area contributed by atoms with Crippen LogP contribution in [0.5, 0.6) is 0 Å². The molecule has 0 spiro atoms. The van der Waals surface area contributed by atoms with E-state index in [0.29, 0.717) is 0 Å². The van der Waals surface area contributed by atoms with E-state index in [1.54, 1.807) is 4.72 Å². The normalized spacial score (nSPS) is 15.0. The lowest BCUT2D eigenvalue weighted by Crippen LogP contribution is -2.39. The molecule has 10 heteroatoms. The van der Waals surface area contributed by atoms with Crippen LogP contribution in [-0.4, -0.2) is 26.2 Å². The molecular formula is C11H12F5NO3S. The first-order valence-electron chi connectivity index (χ1n) is 5.69. The molecule has 0 aromatic heterocycles. The monoisotopic (exact) mass is 333 g/mol. The zero-order valence-corrected chi connectivity index (χ0v) is 11.7. The van der Waals surface area contributed by atoms with Crippen molar-refractivity contribution >= 4 is 10.0 Å². The van der Waals surface area contributed by atoms with E-state index >= 15 is 0 Å². The Morgan fingerprint density at radius 2 is 1.33 bits per heavy atom. The summed E-state index contributed by atoms with van der Waals surface area (Å²) in [6.45, 7) is 2.25. The standard InChI is InChI=1S/C11H12F5NO3S/c1-4(3-18)5(2)17-21(19,20)11-9(15)7(13)6(12)8(14)10(11)16/h4-5,17-18H,3H2,1-2H3. The first-order valence-corrected chi connectivity index (χ1v) is 7.17. The SMILES string of the molecule is CC(CO)C(C)NS(=O)(=O)c1c(F)c(F)c(F)c(F)c1F. The first-order chi connectivity index (χ1) is 9.54. The Morgan fingerprint density at radius 3 is 1.71 bits per heavy atom. The Kier molecular flexibility index (Phi) is 5.29. The molecule has 4 nitrogen and oxygen atoms in total. The Morgan fingerprint density at radius 1 is 0.952 bits per heavy atom. The second-order valence-corrected chi connectivity index (χ2v) is 6.12. The van der Waals surface area contributed by atoms with Crippen molar-refractivity contribution in [2.24, 2.45) is 5.92 Å². The number of nitrogens with one attached hydrogen (secondary N) is 1. The van der Waals surface area contributed by atoms with Crippen LogP contribution in [0.25, 0.3) is 0 Å². The van der Waals surface area contributed by atoms with E-state index in [9.17, 15) is 30.4 Å². The second-order valence-electron chi connectivity index (χ2n) is 4.47. The van der Waals surface area contributed by atoms with E-state index in [0.717, 1.165) is 0 Å². The minimum Gasteiger partial charge on any atom is -0.396 e. The summed E-state index contributed by atoms with van der Waals surface area (Å²) in [5.41, 5.74) is 0. The van der Waals surface area contributed by atoms with Crippen LogP contribution in [0.15, 0.2) is 4.90 Å². The van der Waals surface area contributed by atoms with Crippen molar-refractivity contribution in [2.45, 2.75) is 24.8 Å². The molecule has 1 aromatic carbocycles. The van der Waals surface area contributed by atoms with Crippen molar-refractivity contribution < 1.29 is 35.5 Å². The van der Waals surface area contributed by atoms with Gasteiger partial charge in [-0.1, -0.05) is 6.92 Å². The molecule has 2 unspecified atom stereocenters. The van der Waals surface area contributed by atoms with Crippen molar-refractivity contribution in [1.29, 1.82) is 0 Å². The number of aliphatic hydroxyl groups is 1. The number of sulfonamides is 1. The van der Waals surface area contributed by atoms with E-state index in [2.05, 4.69) is 0 Å². The average Bonchev–Trinajstić information content (AvgIpc) is 2.41. The molecule has 0 heterocycles. The number of hydrogen-bond acceptors (Lipinski definition) is 3. The van der Waals surface area contributed by atoms with Crippen LogP contribution in [-0.2, 0) is 10.0 Å². The van der Waals surface area contributed by atoms with E-state index in [1.807, 2.05) is 0 Å². The summed E-state index contributed by atoms with van der Waals surface area (Å²) in [7, 11) is -5.00. The fourth-order valence-electron chi connectivity index (χ4n) is 1.40. The highest BCUT2D eigenvalue weighted by molar-refractivity contribution is 7.89. The summed E-state index contributed by atoms with van der Waals surface area (Å²) in [5, 5.41) is 8.85. The predicted molar refractivity (Wildman–Crippen MR) is 62.3 cm³/mol. The van der Waals surface area contributed by atoms with Crippen LogP contribution >= 0.6 is 0 Å². The van der Waals surface area contributed by atoms with Gasteiger partial charge in [0.25, 0.3) is 0 Å². The molecule has 0 radical (unpaired) electrons. The lowest BCUT2D eigenvalue weighted by atomic mass is 10.1. The van der Waals surface area contributed by atoms with Crippen molar-refractivity contribution in [2.75, 3.05) is 6.61 Å². The van der Waals surface area contributed by atoms with Crippen LogP contribution in [0.4, 0.5) is 22.0 Å². The predicted octanol–water partition coefficient (Wildman–Crippen LogP) is 1.68. The number of benzene rings is 1. The van der Waals surface area contributed by atoms with E-state index in [4.69, 9.17) is 5.11 Å². The van der Waals surface area contributed by atoms with Crippen molar-refractivity contribution in [1.82, 2.24) is 4.72 Å². The van der Waals surface area contributed by atoms with Crippen LogP contribution in [0, 0.1) is 35.0 Å². The molecule has 0 saturated carbocycles. The van der Waals surface area contributed by atoms with E-state index in [-0.39, 0.29) is 0 Å². The van der Waals surface area contributed by atoms with Crippen molar-refractivity contribution in [3.63, 3.8) is 0 Å². The molecule has 0 aliphatic carbocycles. The molecule has 0 aliphatic rings. The lowest BCUT2D eigenvalue weighted by Gasteiger charge is -2.19. The summed E-state index contributed by atoms with van der Waals surface area (Å²) in [5.74, 6) is -12.7. The third-order valence-corrected chi connectivity index (χ3v) is 4.50. The summed E-state index contributed by atoms with van der Waals surface area (Å²) >= 11 is 0. The molecule has 0 fully saturated rings. The van der Waals surface area contributed by atoms with E-state index in [1.165, 1.54) is 13.8 Å². The number of hydrogen-bond donors (Lipinski definition) is 2. The smallest absolute Gasteiger partial charge is 0.246 e. The quantitative estimate of drug-likeness (QED) is 0.489. The average molecular weight is 333 g/mol. The zero-order chi connectivity index (χ0) is 16.5. The lowest BCUT2D eigenvalue weighted by molar-refractivity contribution is 0.216. The van der Waals surface area contributed by atoms with Gasteiger partial charge in [-0.05, 0) is 12.8 Å². The van der Waals surface area contributed by atoms with Gasteiger partial charge in [0.15, 0.2) is 28.2 Å².